The van der Waals surface area contributed by atoms with E-state index in [1.165, 1.54) is 11.8 Å². The highest BCUT2D eigenvalue weighted by atomic mass is 32.2. The highest BCUT2D eigenvalue weighted by molar-refractivity contribution is 7.89. The molecular formula is C8H12N4O5S. The summed E-state index contributed by atoms with van der Waals surface area (Å²) in [6.45, 7) is 0.392. The number of amides is 1. The van der Waals surface area contributed by atoms with E-state index in [0.29, 0.717) is 0 Å². The molecule has 3 N–H and O–H groups in total. The number of nitrogens with zero attached hydrogens (tertiary/aromatic N) is 2. The van der Waals surface area contributed by atoms with Gasteiger partial charge in [-0.1, -0.05) is 0 Å². The first-order valence-corrected chi connectivity index (χ1v) is 6.52. The lowest BCUT2D eigenvalue weighted by Gasteiger charge is -2.24. The molecule has 1 aliphatic heterocycles. The van der Waals surface area contributed by atoms with Crippen molar-refractivity contribution in [2.24, 2.45) is 5.14 Å². The average Bonchev–Trinajstić information content (AvgIpc) is 2.71. The minimum atomic E-state index is -3.87. The number of carbonyl (C=O) groups excluding carboxylic acids is 1. The van der Waals surface area contributed by atoms with Crippen molar-refractivity contribution >= 4 is 16.1 Å². The van der Waals surface area contributed by atoms with Gasteiger partial charge in [0.25, 0.3) is 0 Å². The van der Waals surface area contributed by atoms with Crippen LogP contribution in [0, 0.1) is 0 Å². The predicted molar refractivity (Wildman–Crippen MR) is 58.4 cm³/mol. The second kappa shape index (κ2) is 4.46. The first kappa shape index (κ1) is 12.6. The fourth-order valence-corrected chi connectivity index (χ4v) is 2.18. The van der Waals surface area contributed by atoms with E-state index < -0.39 is 16.1 Å². The van der Waals surface area contributed by atoms with Gasteiger partial charge < -0.3 is 14.8 Å². The Labute approximate surface area is 103 Å². The lowest BCUT2D eigenvalue weighted by molar-refractivity contribution is 0.141. The molecule has 1 aromatic rings. The number of sulfonamides is 1. The predicted octanol–water partition coefficient (Wildman–Crippen LogP) is -1.35. The number of nitrogens with two attached hydrogens (primary N) is 1. The number of alkyl carbamates (subject to hydrolysis) is 1. The molecule has 9 nitrogen and oxygen atoms in total. The molecule has 1 aliphatic rings. The average molecular weight is 276 g/mol. The Morgan fingerprint density at radius 3 is 3.06 bits per heavy atom. The van der Waals surface area contributed by atoms with Gasteiger partial charge in [0.05, 0.1) is 25.9 Å². The third-order valence-corrected chi connectivity index (χ3v) is 3.28. The number of hydrogen-bond donors (Lipinski definition) is 2. The van der Waals surface area contributed by atoms with Gasteiger partial charge in [0, 0.05) is 0 Å². The zero-order valence-corrected chi connectivity index (χ0v) is 10.3. The van der Waals surface area contributed by atoms with Crippen LogP contribution in [0.15, 0.2) is 11.1 Å². The number of nitrogens with one attached hydrogen (secondary N) is 1. The van der Waals surface area contributed by atoms with Crippen LogP contribution in [0.5, 0.6) is 5.88 Å². The zero-order chi connectivity index (χ0) is 13.3. The second-order valence-corrected chi connectivity index (χ2v) is 5.21. The molecule has 100 valence electrons. The molecule has 0 aliphatic carbocycles. The maximum atomic E-state index is 11.2. The van der Waals surface area contributed by atoms with E-state index in [9.17, 15) is 13.2 Å². The number of ether oxygens (including phenoxy) is 2. The lowest BCUT2D eigenvalue weighted by atomic mass is 10.3. The molecule has 0 unspecified atom stereocenters. The van der Waals surface area contributed by atoms with Crippen LogP contribution in [0.25, 0.3) is 0 Å². The summed E-state index contributed by atoms with van der Waals surface area (Å²) >= 11 is 0. The van der Waals surface area contributed by atoms with Crippen LogP contribution in [0.1, 0.15) is 0 Å². The molecule has 18 heavy (non-hydrogen) atoms. The molecule has 2 heterocycles. The van der Waals surface area contributed by atoms with Crippen molar-refractivity contribution in [2.75, 3.05) is 13.7 Å². The molecule has 1 aromatic heterocycles. The molecule has 0 aromatic carbocycles. The Morgan fingerprint density at radius 1 is 1.72 bits per heavy atom. The Balaban J connectivity index is 2.17. The highest BCUT2D eigenvalue weighted by Gasteiger charge is 2.28. The van der Waals surface area contributed by atoms with Crippen molar-refractivity contribution in [2.45, 2.75) is 17.5 Å². The van der Waals surface area contributed by atoms with E-state index in [2.05, 4.69) is 15.2 Å². The molecule has 1 amide bonds. The van der Waals surface area contributed by atoms with Crippen molar-refractivity contribution in [1.82, 2.24) is 15.1 Å². The van der Waals surface area contributed by atoms with Gasteiger partial charge in [0.15, 0.2) is 4.90 Å². The molecule has 0 saturated carbocycles. The van der Waals surface area contributed by atoms with Crippen LogP contribution in [-0.4, -0.2) is 44.1 Å². The van der Waals surface area contributed by atoms with E-state index in [1.54, 1.807) is 0 Å². The Bertz CT molecular complexity index is 566. The normalized spacial score (nSPS) is 18.7. The van der Waals surface area contributed by atoms with Gasteiger partial charge in [0.1, 0.15) is 6.61 Å². The second-order valence-electron chi connectivity index (χ2n) is 3.68. The van der Waals surface area contributed by atoms with Crippen molar-refractivity contribution in [3.8, 4) is 5.88 Å². The summed E-state index contributed by atoms with van der Waals surface area (Å²) in [5, 5.41) is 11.4. The molecule has 10 heteroatoms. The van der Waals surface area contributed by atoms with Crippen LogP contribution in [-0.2, 0) is 21.3 Å². The van der Waals surface area contributed by atoms with Gasteiger partial charge in [-0.3, -0.25) is 0 Å². The van der Waals surface area contributed by atoms with Crippen molar-refractivity contribution in [3.05, 3.63) is 6.20 Å². The van der Waals surface area contributed by atoms with E-state index in [1.807, 2.05) is 0 Å². The minimum absolute atomic E-state index is 0.0837. The third-order valence-electron chi connectivity index (χ3n) is 2.39. The number of rotatable bonds is 2. The van der Waals surface area contributed by atoms with Crippen molar-refractivity contribution in [3.63, 3.8) is 0 Å². The molecular weight excluding hydrogens is 264 g/mol. The largest absolute Gasteiger partial charge is 0.475 e. The standard InChI is InChI=1S/C8H12N4O5S/c1-16-8(13)11-5-3-12-7(17-4-5)6(2-10-12)18(9,14)15/h2,5H,3-4H2,1H3,(H,11,13)(H2,9,14,15)/t5-/m1/s1. The van der Waals surface area contributed by atoms with Gasteiger partial charge in [-0.2, -0.15) is 5.10 Å². The van der Waals surface area contributed by atoms with Gasteiger partial charge in [-0.15, -0.1) is 0 Å². The van der Waals surface area contributed by atoms with Gasteiger partial charge in [-0.05, 0) is 0 Å². The fourth-order valence-electron chi connectivity index (χ4n) is 1.58. The summed E-state index contributed by atoms with van der Waals surface area (Å²) in [6, 6.07) is -0.349. The SMILES string of the molecule is COC(=O)N[C@H]1COc2c(S(N)(=O)=O)cnn2C1. The summed E-state index contributed by atoms with van der Waals surface area (Å²) in [5.41, 5.74) is 0. The van der Waals surface area contributed by atoms with E-state index in [0.717, 1.165) is 6.20 Å². The number of aromatic nitrogens is 2. The maximum absolute atomic E-state index is 11.2. The zero-order valence-electron chi connectivity index (χ0n) is 9.49. The van der Waals surface area contributed by atoms with Gasteiger partial charge in [-0.25, -0.2) is 23.0 Å². The van der Waals surface area contributed by atoms with Crippen molar-refractivity contribution < 1.29 is 22.7 Å². The Morgan fingerprint density at radius 2 is 2.44 bits per heavy atom. The molecule has 1 atom stereocenters. The first-order valence-electron chi connectivity index (χ1n) is 4.97. The monoisotopic (exact) mass is 276 g/mol. The Kier molecular flexibility index (Phi) is 3.13. The van der Waals surface area contributed by atoms with Crippen LogP contribution < -0.4 is 15.2 Å². The summed E-state index contributed by atoms with van der Waals surface area (Å²) in [4.78, 5) is 10.9. The van der Waals surface area contributed by atoms with E-state index in [-0.39, 0.29) is 30.0 Å². The number of carbonyl (C=O) groups is 1. The van der Waals surface area contributed by atoms with E-state index >= 15 is 0 Å². The van der Waals surface area contributed by atoms with Gasteiger partial charge in [0.2, 0.25) is 15.9 Å². The number of primary sulfonamides is 1. The summed E-state index contributed by atoms with van der Waals surface area (Å²) in [5.74, 6) is 0.0837. The quantitative estimate of drug-likeness (QED) is 0.687. The Hall–Kier alpha value is -1.81. The summed E-state index contributed by atoms with van der Waals surface area (Å²) < 4.78 is 33.5. The molecule has 0 radical (unpaired) electrons. The van der Waals surface area contributed by atoms with Crippen LogP contribution in [0.4, 0.5) is 4.79 Å². The highest BCUT2D eigenvalue weighted by Crippen LogP contribution is 2.25. The number of hydrogen-bond acceptors (Lipinski definition) is 6. The summed E-state index contributed by atoms with van der Waals surface area (Å²) in [6.07, 6.45) is 0.524. The van der Waals surface area contributed by atoms with E-state index in [4.69, 9.17) is 9.88 Å². The molecule has 0 bridgehead atoms. The third kappa shape index (κ3) is 2.38. The van der Waals surface area contributed by atoms with Crippen LogP contribution in [0.2, 0.25) is 0 Å². The molecule has 0 spiro atoms. The van der Waals surface area contributed by atoms with Gasteiger partial charge >= 0.3 is 6.09 Å². The topological polar surface area (TPSA) is 126 Å². The number of methoxy groups -OCH3 is 1. The molecule has 0 saturated heterocycles. The number of fused-ring (bicyclic) bond motifs is 1. The van der Waals surface area contributed by atoms with Crippen molar-refractivity contribution in [1.29, 1.82) is 0 Å². The van der Waals surface area contributed by atoms with Crippen LogP contribution in [0.3, 0.4) is 0 Å². The van der Waals surface area contributed by atoms with Crippen LogP contribution >= 0.6 is 0 Å². The maximum Gasteiger partial charge on any atom is 0.407 e. The lowest BCUT2D eigenvalue weighted by Crippen LogP contribution is -2.45. The summed E-state index contributed by atoms with van der Waals surface area (Å²) in [7, 11) is -2.62. The minimum Gasteiger partial charge on any atom is -0.475 e. The smallest absolute Gasteiger partial charge is 0.407 e. The molecule has 2 rings (SSSR count). The molecule has 0 fully saturated rings. The fraction of sp³-hybridized carbons (Fsp3) is 0.500. The first-order chi connectivity index (χ1) is 8.41.